The Kier molecular flexibility index (Phi) is 74.8. The predicted molar refractivity (Wildman–Crippen MR) is 436 cm³/mol. The van der Waals surface area contributed by atoms with Gasteiger partial charge in [-0.05, 0) is 141 Å². The summed E-state index contributed by atoms with van der Waals surface area (Å²) in [6, 6.07) is 0. The standard InChI is InChI=1S/C87H148O17P2/c1-5-9-13-17-21-25-29-33-37-39-40-42-45-48-52-56-60-64-68-72-85(90)98-78-83(104-87(92)74-70-66-62-58-54-50-46-41-38-34-30-26-22-18-14-10-6-2)80-102-106(95,96)100-76-81(88)75-99-105(93,94)101-79-82(103-86(91)73-69-65-61-57-53-49-44-36-32-28-24-20-16-12-8-4)77-97-84(89)71-67-63-59-55-51-47-43-35-31-27-23-19-15-11-7-3/h9-10,13-14,21-23,25-27,33-35,37-38,40,42-43,46,48,50,52,81-83,88H,5-8,11-12,15-20,24,28-32,36,39,41,44-45,47,49,51,53-80H2,1-4H3,(H,93,94)(H,95,96)/b13-9-,14-10-,25-21-,26-22-,27-23-,37-33-,38-34-,42-40-,43-35-,50-46-,52-48-. The summed E-state index contributed by atoms with van der Waals surface area (Å²) in [4.78, 5) is 73.1. The van der Waals surface area contributed by atoms with Gasteiger partial charge < -0.3 is 33.8 Å². The quantitative estimate of drug-likeness (QED) is 0.0169. The van der Waals surface area contributed by atoms with E-state index in [1.807, 2.05) is 0 Å². The normalized spacial score (nSPS) is 14.5. The number of ether oxygens (including phenoxy) is 4. The van der Waals surface area contributed by atoms with Gasteiger partial charge in [0.1, 0.15) is 19.3 Å². The first kappa shape index (κ1) is 101. The molecule has 3 N–H and O–H groups in total. The highest BCUT2D eigenvalue weighted by molar-refractivity contribution is 7.47. The number of hydrogen-bond donors (Lipinski definition) is 3. The molecule has 0 aliphatic carbocycles. The van der Waals surface area contributed by atoms with Crippen molar-refractivity contribution in [3.63, 3.8) is 0 Å². The number of carbonyl (C=O) groups excluding carboxylic acids is 4. The van der Waals surface area contributed by atoms with E-state index < -0.39 is 97.5 Å². The molecule has 0 amide bonds. The molecule has 0 aliphatic rings. The van der Waals surface area contributed by atoms with Crippen molar-refractivity contribution in [3.05, 3.63) is 134 Å². The van der Waals surface area contributed by atoms with Gasteiger partial charge in [0.15, 0.2) is 12.2 Å². The summed E-state index contributed by atoms with van der Waals surface area (Å²) >= 11 is 0. The fourth-order valence-electron chi connectivity index (χ4n) is 10.9. The summed E-state index contributed by atoms with van der Waals surface area (Å²) in [5.74, 6) is -2.24. The fourth-order valence-corrected chi connectivity index (χ4v) is 12.4. The Morgan fingerprint density at radius 1 is 0.274 bits per heavy atom. The molecular formula is C87H148O17P2. The largest absolute Gasteiger partial charge is 0.472 e. The first-order chi connectivity index (χ1) is 51.7. The molecule has 0 rings (SSSR count). The van der Waals surface area contributed by atoms with Crippen molar-refractivity contribution in [2.24, 2.45) is 0 Å². The van der Waals surface area contributed by atoms with Crippen LogP contribution in [-0.4, -0.2) is 96.7 Å². The van der Waals surface area contributed by atoms with Crippen LogP contribution < -0.4 is 0 Å². The highest BCUT2D eigenvalue weighted by Gasteiger charge is 2.30. The molecule has 0 spiro atoms. The molecule has 0 bridgehead atoms. The smallest absolute Gasteiger partial charge is 0.462 e. The molecule has 0 saturated heterocycles. The molecule has 0 radical (unpaired) electrons. The SMILES string of the molecule is CC/C=C\C/C=C\C/C=C\C/C=C\C/C=C\CCCCCC(=O)OCC(COP(=O)(O)OCC(O)COP(=O)(O)OCC(COC(=O)CCCCCCC/C=C\C/C=C\CCCCC)OC(=O)CCCCCCCCCCCCCCCCC)OC(=O)CCCCCC/C=C\C/C=C\C/C=C\C/C=C\CC. The molecule has 0 aromatic carbocycles. The van der Waals surface area contributed by atoms with Gasteiger partial charge in [-0.15, -0.1) is 0 Å². The van der Waals surface area contributed by atoms with E-state index in [-0.39, 0.29) is 25.7 Å². The number of rotatable bonds is 77. The second-order valence-electron chi connectivity index (χ2n) is 27.3. The number of phosphoric ester groups is 2. The summed E-state index contributed by atoms with van der Waals surface area (Å²) < 4.78 is 68.7. The Morgan fingerprint density at radius 2 is 0.491 bits per heavy atom. The van der Waals surface area contributed by atoms with Gasteiger partial charge in [0, 0.05) is 25.7 Å². The number of esters is 4. The van der Waals surface area contributed by atoms with E-state index in [0.717, 1.165) is 173 Å². The van der Waals surface area contributed by atoms with Crippen LogP contribution in [0, 0.1) is 0 Å². The second kappa shape index (κ2) is 78.3. The third kappa shape index (κ3) is 77.4. The van der Waals surface area contributed by atoms with Gasteiger partial charge in [0.2, 0.25) is 0 Å². The summed E-state index contributed by atoms with van der Waals surface area (Å²) in [6.45, 7) is 4.58. The Morgan fingerprint density at radius 3 is 0.783 bits per heavy atom. The molecular weight excluding hydrogens is 1380 g/mol. The highest BCUT2D eigenvalue weighted by atomic mass is 31.2. The van der Waals surface area contributed by atoms with Gasteiger partial charge in [0.25, 0.3) is 0 Å². The number of aliphatic hydroxyl groups is 1. The van der Waals surface area contributed by atoms with E-state index in [0.29, 0.717) is 25.7 Å². The lowest BCUT2D eigenvalue weighted by atomic mass is 10.0. The summed E-state index contributed by atoms with van der Waals surface area (Å²) in [7, 11) is -9.98. The lowest BCUT2D eigenvalue weighted by Gasteiger charge is -2.21. The number of aliphatic hydroxyl groups excluding tert-OH is 1. The lowest BCUT2D eigenvalue weighted by molar-refractivity contribution is -0.161. The minimum absolute atomic E-state index is 0.0558. The van der Waals surface area contributed by atoms with Crippen LogP contribution in [0.15, 0.2) is 134 Å². The number of phosphoric acid groups is 2. The maximum Gasteiger partial charge on any atom is 0.472 e. The highest BCUT2D eigenvalue weighted by Crippen LogP contribution is 2.45. The zero-order valence-corrected chi connectivity index (χ0v) is 68.4. The number of hydrogen-bond acceptors (Lipinski definition) is 15. The first-order valence-electron chi connectivity index (χ1n) is 41.4. The zero-order valence-electron chi connectivity index (χ0n) is 66.6. The molecule has 608 valence electrons. The third-order valence-electron chi connectivity index (χ3n) is 17.1. The van der Waals surface area contributed by atoms with E-state index in [9.17, 15) is 43.2 Å². The van der Waals surface area contributed by atoms with E-state index in [2.05, 4.69) is 161 Å². The molecule has 0 aromatic heterocycles. The Labute approximate surface area is 644 Å². The van der Waals surface area contributed by atoms with Crippen molar-refractivity contribution in [2.45, 2.75) is 354 Å². The Bertz CT molecular complexity index is 2530. The molecule has 5 atom stereocenters. The van der Waals surface area contributed by atoms with Gasteiger partial charge in [-0.3, -0.25) is 37.3 Å². The fraction of sp³-hybridized carbons (Fsp3) is 0.701. The second-order valence-corrected chi connectivity index (χ2v) is 30.2. The molecule has 0 aromatic rings. The monoisotopic (exact) mass is 1530 g/mol. The summed E-state index contributed by atoms with van der Waals surface area (Å²) in [5, 5.41) is 10.7. The average Bonchev–Trinajstić information content (AvgIpc) is 0.902. The van der Waals surface area contributed by atoms with E-state index in [1.165, 1.54) is 83.5 Å². The van der Waals surface area contributed by atoms with Gasteiger partial charge in [-0.1, -0.05) is 303 Å². The van der Waals surface area contributed by atoms with Crippen molar-refractivity contribution in [1.29, 1.82) is 0 Å². The van der Waals surface area contributed by atoms with Crippen molar-refractivity contribution >= 4 is 39.5 Å². The number of allylic oxidation sites excluding steroid dienone is 22. The maximum atomic E-state index is 13.1. The number of carbonyl (C=O) groups is 4. The minimum Gasteiger partial charge on any atom is -0.462 e. The average molecular weight is 1530 g/mol. The molecule has 0 fully saturated rings. The van der Waals surface area contributed by atoms with Crippen LogP contribution in [-0.2, 0) is 65.4 Å². The van der Waals surface area contributed by atoms with Crippen molar-refractivity contribution in [1.82, 2.24) is 0 Å². The van der Waals surface area contributed by atoms with Gasteiger partial charge >= 0.3 is 39.5 Å². The maximum absolute atomic E-state index is 13.1. The molecule has 0 heterocycles. The zero-order chi connectivity index (χ0) is 77.4. The van der Waals surface area contributed by atoms with Crippen LogP contribution in [0.4, 0.5) is 0 Å². The first-order valence-corrected chi connectivity index (χ1v) is 44.4. The van der Waals surface area contributed by atoms with Crippen LogP contribution in [0.1, 0.15) is 336 Å². The molecule has 19 heteroatoms. The Hall–Kier alpha value is -4.80. The van der Waals surface area contributed by atoms with E-state index >= 15 is 0 Å². The molecule has 5 unspecified atom stereocenters. The van der Waals surface area contributed by atoms with E-state index in [1.54, 1.807) is 0 Å². The summed E-state index contributed by atoms with van der Waals surface area (Å²) in [6.07, 6.45) is 88.4. The van der Waals surface area contributed by atoms with Crippen LogP contribution in [0.2, 0.25) is 0 Å². The lowest BCUT2D eigenvalue weighted by Crippen LogP contribution is -2.30. The van der Waals surface area contributed by atoms with Crippen LogP contribution >= 0.6 is 15.6 Å². The number of unbranched alkanes of at least 4 members (excludes halogenated alkanes) is 29. The molecule has 17 nitrogen and oxygen atoms in total. The van der Waals surface area contributed by atoms with Gasteiger partial charge in [-0.2, -0.15) is 0 Å². The van der Waals surface area contributed by atoms with Crippen molar-refractivity contribution in [3.8, 4) is 0 Å². The Balaban J connectivity index is 5.43. The summed E-state index contributed by atoms with van der Waals surface area (Å²) in [5.41, 5.74) is 0. The van der Waals surface area contributed by atoms with Crippen molar-refractivity contribution < 1.29 is 80.2 Å². The minimum atomic E-state index is -5.00. The van der Waals surface area contributed by atoms with Crippen LogP contribution in [0.3, 0.4) is 0 Å². The third-order valence-corrected chi connectivity index (χ3v) is 19.0. The molecule has 0 saturated carbocycles. The van der Waals surface area contributed by atoms with E-state index in [4.69, 9.17) is 37.0 Å². The van der Waals surface area contributed by atoms with Crippen LogP contribution in [0.5, 0.6) is 0 Å². The van der Waals surface area contributed by atoms with Crippen LogP contribution in [0.25, 0.3) is 0 Å². The topological polar surface area (TPSA) is 237 Å². The van der Waals surface area contributed by atoms with Gasteiger partial charge in [0.05, 0.1) is 26.4 Å². The van der Waals surface area contributed by atoms with Gasteiger partial charge in [-0.25, -0.2) is 9.13 Å². The molecule has 0 aliphatic heterocycles. The van der Waals surface area contributed by atoms with Crippen molar-refractivity contribution in [2.75, 3.05) is 39.6 Å². The molecule has 106 heavy (non-hydrogen) atoms. The predicted octanol–water partition coefficient (Wildman–Crippen LogP) is 24.4.